The van der Waals surface area contributed by atoms with Crippen molar-refractivity contribution in [3.8, 4) is 0 Å². The van der Waals surface area contributed by atoms with Crippen molar-refractivity contribution in [2.24, 2.45) is 17.8 Å². The molecule has 1 saturated carbocycles. The average molecular weight is 251 g/mol. The summed E-state index contributed by atoms with van der Waals surface area (Å²) in [6, 6.07) is 0. The van der Waals surface area contributed by atoms with E-state index in [1.807, 2.05) is 0 Å². The second-order valence-corrected chi connectivity index (χ2v) is 6.53. The van der Waals surface area contributed by atoms with Crippen LogP contribution in [0.25, 0.3) is 0 Å². The van der Waals surface area contributed by atoms with Gasteiger partial charge in [0.15, 0.2) is 0 Å². The molecule has 0 spiro atoms. The van der Waals surface area contributed by atoms with E-state index in [4.69, 9.17) is 5.41 Å². The van der Waals surface area contributed by atoms with Crippen molar-refractivity contribution in [1.29, 1.82) is 5.41 Å². The van der Waals surface area contributed by atoms with Crippen LogP contribution in [0, 0.1) is 23.2 Å². The third-order valence-corrected chi connectivity index (χ3v) is 4.95. The maximum Gasteiger partial charge on any atom is 0.0990 e. The number of likely N-dealkylation sites (N-methyl/N-ethyl adjacent to an activating group) is 1. The minimum Gasteiger partial charge on any atom is -0.358 e. The molecule has 0 amide bonds. The van der Waals surface area contributed by atoms with Crippen molar-refractivity contribution in [2.45, 2.75) is 39.5 Å². The Bertz CT molecular complexity index is 271. The molecule has 0 unspecified atom stereocenters. The lowest BCUT2D eigenvalue weighted by molar-refractivity contribution is 0.196. The maximum atomic E-state index is 8.42. The van der Waals surface area contributed by atoms with E-state index < -0.39 is 0 Å². The lowest BCUT2D eigenvalue weighted by Crippen LogP contribution is -2.49. The van der Waals surface area contributed by atoms with Crippen LogP contribution in [0.4, 0.5) is 0 Å². The van der Waals surface area contributed by atoms with E-state index in [0.717, 1.165) is 43.9 Å². The van der Waals surface area contributed by atoms with Gasteiger partial charge in [-0.2, -0.15) is 0 Å². The number of nitrogens with zero attached hydrogens (tertiary/aromatic N) is 2. The van der Waals surface area contributed by atoms with E-state index in [1.165, 1.54) is 25.7 Å². The zero-order valence-electron chi connectivity index (χ0n) is 12.3. The van der Waals surface area contributed by atoms with E-state index in [9.17, 15) is 0 Å². The lowest BCUT2D eigenvalue weighted by Gasteiger charge is -2.39. The van der Waals surface area contributed by atoms with Crippen LogP contribution >= 0.6 is 0 Å². The molecular weight excluding hydrogens is 222 g/mol. The van der Waals surface area contributed by atoms with Gasteiger partial charge in [0.2, 0.25) is 0 Å². The first kappa shape index (κ1) is 13.9. The Morgan fingerprint density at radius 2 is 1.56 bits per heavy atom. The molecule has 2 rings (SSSR count). The van der Waals surface area contributed by atoms with E-state index in [2.05, 4.69) is 30.7 Å². The summed E-state index contributed by atoms with van der Waals surface area (Å²) in [4.78, 5) is 4.68. The third-order valence-electron chi connectivity index (χ3n) is 4.95. The summed E-state index contributed by atoms with van der Waals surface area (Å²) >= 11 is 0. The summed E-state index contributed by atoms with van der Waals surface area (Å²) in [5.74, 6) is 3.21. The van der Waals surface area contributed by atoms with Crippen LogP contribution in [-0.4, -0.2) is 48.9 Å². The summed E-state index contributed by atoms with van der Waals surface area (Å²) in [5, 5.41) is 8.42. The second kappa shape index (κ2) is 6.05. The van der Waals surface area contributed by atoms with Gasteiger partial charge < -0.3 is 9.80 Å². The molecule has 1 heterocycles. The Hall–Kier alpha value is -0.570. The Kier molecular flexibility index (Phi) is 4.66. The molecule has 1 N–H and O–H groups in total. The highest BCUT2D eigenvalue weighted by Crippen LogP contribution is 2.34. The van der Waals surface area contributed by atoms with Crippen LogP contribution in [-0.2, 0) is 0 Å². The van der Waals surface area contributed by atoms with Crippen LogP contribution in [0.15, 0.2) is 0 Å². The fourth-order valence-corrected chi connectivity index (χ4v) is 3.36. The van der Waals surface area contributed by atoms with E-state index in [0.29, 0.717) is 5.92 Å². The van der Waals surface area contributed by atoms with Crippen molar-refractivity contribution in [3.05, 3.63) is 0 Å². The molecule has 0 atom stereocenters. The predicted octanol–water partition coefficient (Wildman–Crippen LogP) is 2.67. The highest BCUT2D eigenvalue weighted by Gasteiger charge is 2.29. The molecule has 0 aromatic heterocycles. The third kappa shape index (κ3) is 3.25. The van der Waals surface area contributed by atoms with Gasteiger partial charge in [-0.15, -0.1) is 0 Å². The monoisotopic (exact) mass is 251 g/mol. The summed E-state index contributed by atoms with van der Waals surface area (Å²) in [6.07, 6.45) is 5.15. The average Bonchev–Trinajstić information content (AvgIpc) is 2.39. The van der Waals surface area contributed by atoms with E-state index >= 15 is 0 Å². The van der Waals surface area contributed by atoms with Gasteiger partial charge >= 0.3 is 0 Å². The highest BCUT2D eigenvalue weighted by atomic mass is 15.3. The number of hydrogen-bond donors (Lipinski definition) is 1. The zero-order chi connectivity index (χ0) is 13.1. The van der Waals surface area contributed by atoms with Crippen LogP contribution in [0.5, 0.6) is 0 Å². The Morgan fingerprint density at radius 3 is 2.06 bits per heavy atom. The maximum absolute atomic E-state index is 8.42. The largest absolute Gasteiger partial charge is 0.358 e. The molecule has 0 radical (unpaired) electrons. The van der Waals surface area contributed by atoms with Crippen molar-refractivity contribution < 1.29 is 0 Å². The predicted molar refractivity (Wildman–Crippen MR) is 77.1 cm³/mol. The van der Waals surface area contributed by atoms with Crippen molar-refractivity contribution in [1.82, 2.24) is 9.80 Å². The number of piperazine rings is 1. The molecule has 1 saturated heterocycles. The molecule has 0 bridgehead atoms. The van der Waals surface area contributed by atoms with E-state index in [1.54, 1.807) is 0 Å². The van der Waals surface area contributed by atoms with Gasteiger partial charge in [0.05, 0.1) is 5.84 Å². The molecule has 2 aliphatic rings. The smallest absolute Gasteiger partial charge is 0.0990 e. The first-order valence-corrected chi connectivity index (χ1v) is 7.60. The quantitative estimate of drug-likeness (QED) is 0.604. The molecular formula is C15H29N3. The molecule has 3 nitrogen and oxygen atoms in total. The van der Waals surface area contributed by atoms with Gasteiger partial charge in [-0.1, -0.05) is 13.8 Å². The van der Waals surface area contributed by atoms with Crippen molar-refractivity contribution in [2.75, 3.05) is 33.2 Å². The van der Waals surface area contributed by atoms with Crippen LogP contribution in [0.1, 0.15) is 39.5 Å². The lowest BCUT2D eigenvalue weighted by atomic mass is 9.76. The zero-order valence-corrected chi connectivity index (χ0v) is 12.3. The number of amidine groups is 1. The van der Waals surface area contributed by atoms with E-state index in [-0.39, 0.29) is 0 Å². The van der Waals surface area contributed by atoms with Gasteiger partial charge in [0.25, 0.3) is 0 Å². The van der Waals surface area contributed by atoms with Crippen molar-refractivity contribution in [3.63, 3.8) is 0 Å². The second-order valence-electron chi connectivity index (χ2n) is 6.53. The van der Waals surface area contributed by atoms with Gasteiger partial charge in [-0.25, -0.2) is 0 Å². The topological polar surface area (TPSA) is 30.3 Å². The molecule has 1 aliphatic carbocycles. The van der Waals surface area contributed by atoms with Crippen molar-refractivity contribution >= 4 is 5.84 Å². The van der Waals surface area contributed by atoms with Crippen LogP contribution in [0.3, 0.4) is 0 Å². The number of nitrogens with one attached hydrogen (secondary N) is 1. The van der Waals surface area contributed by atoms with Crippen LogP contribution < -0.4 is 0 Å². The molecule has 3 heteroatoms. The molecule has 2 fully saturated rings. The Labute approximate surface area is 112 Å². The number of rotatable bonds is 2. The summed E-state index contributed by atoms with van der Waals surface area (Å²) in [6.45, 7) is 9.03. The summed E-state index contributed by atoms with van der Waals surface area (Å²) < 4.78 is 0. The van der Waals surface area contributed by atoms with Gasteiger partial charge in [-0.05, 0) is 44.6 Å². The van der Waals surface area contributed by atoms with Gasteiger partial charge in [0.1, 0.15) is 0 Å². The Morgan fingerprint density at radius 1 is 1.00 bits per heavy atom. The molecule has 1 aliphatic heterocycles. The molecule has 104 valence electrons. The molecule has 0 aromatic carbocycles. The highest BCUT2D eigenvalue weighted by molar-refractivity contribution is 5.81. The number of hydrogen-bond acceptors (Lipinski definition) is 2. The Balaban J connectivity index is 1.80. The standard InChI is InChI=1S/C15H29N3/c1-12(2)13-4-6-14(7-5-13)15(16)18-10-8-17(3)9-11-18/h12-14,16H,4-11H2,1-3H3. The minimum absolute atomic E-state index is 0.545. The summed E-state index contributed by atoms with van der Waals surface area (Å²) in [7, 11) is 2.18. The van der Waals surface area contributed by atoms with Gasteiger partial charge in [0, 0.05) is 32.1 Å². The fourth-order valence-electron chi connectivity index (χ4n) is 3.36. The minimum atomic E-state index is 0.545. The summed E-state index contributed by atoms with van der Waals surface area (Å²) in [5.41, 5.74) is 0. The normalized spacial score (nSPS) is 30.8. The fraction of sp³-hybridized carbons (Fsp3) is 0.933. The molecule has 0 aromatic rings. The first-order valence-electron chi connectivity index (χ1n) is 7.60. The van der Waals surface area contributed by atoms with Gasteiger partial charge in [-0.3, -0.25) is 5.41 Å². The van der Waals surface area contributed by atoms with Crippen LogP contribution in [0.2, 0.25) is 0 Å². The first-order chi connectivity index (χ1) is 8.58. The molecule has 18 heavy (non-hydrogen) atoms. The SMILES string of the molecule is CC(C)C1CCC(C(=N)N2CCN(C)CC2)CC1.